The molecular weight excluding hydrogens is 388 g/mol. The molecule has 0 spiro atoms. The average Bonchev–Trinajstić information content (AvgIpc) is 2.75. The minimum Gasteiger partial charge on any atom is -0.355 e. The molecule has 0 aliphatic carbocycles. The van der Waals surface area contributed by atoms with Gasteiger partial charge in [0.25, 0.3) is 0 Å². The van der Waals surface area contributed by atoms with Gasteiger partial charge >= 0.3 is 0 Å². The van der Waals surface area contributed by atoms with Crippen LogP contribution in [0, 0.1) is 17.6 Å². The van der Waals surface area contributed by atoms with Crippen LogP contribution in [-0.4, -0.2) is 42.9 Å². The highest BCUT2D eigenvalue weighted by atomic mass is 19.1. The number of likely N-dealkylation sites (tertiary alicyclic amines) is 1. The molecule has 0 unspecified atom stereocenters. The van der Waals surface area contributed by atoms with Gasteiger partial charge < -0.3 is 10.6 Å². The molecule has 1 aliphatic rings. The first-order chi connectivity index (χ1) is 14.5. The van der Waals surface area contributed by atoms with E-state index in [2.05, 4.69) is 15.5 Å². The number of rotatable bonds is 8. The zero-order chi connectivity index (χ0) is 21.3. The van der Waals surface area contributed by atoms with Gasteiger partial charge in [0.2, 0.25) is 11.8 Å². The Morgan fingerprint density at radius 2 is 1.43 bits per heavy atom. The molecule has 1 saturated heterocycles. The Bertz CT molecular complexity index is 833. The van der Waals surface area contributed by atoms with E-state index >= 15 is 0 Å². The molecule has 1 heterocycles. The molecule has 2 amide bonds. The van der Waals surface area contributed by atoms with E-state index in [9.17, 15) is 18.4 Å². The van der Waals surface area contributed by atoms with Crippen molar-refractivity contribution in [3.05, 3.63) is 71.3 Å². The van der Waals surface area contributed by atoms with Crippen molar-refractivity contribution in [2.75, 3.05) is 26.2 Å². The fourth-order valence-electron chi connectivity index (χ4n) is 3.55. The monoisotopic (exact) mass is 415 g/mol. The van der Waals surface area contributed by atoms with Crippen LogP contribution in [0.3, 0.4) is 0 Å². The third-order valence-electron chi connectivity index (χ3n) is 5.35. The largest absolute Gasteiger partial charge is 0.355 e. The van der Waals surface area contributed by atoms with Crippen molar-refractivity contribution in [2.24, 2.45) is 5.92 Å². The van der Waals surface area contributed by atoms with E-state index in [1.54, 1.807) is 24.3 Å². The molecule has 30 heavy (non-hydrogen) atoms. The Kier molecular flexibility index (Phi) is 7.90. The van der Waals surface area contributed by atoms with Gasteiger partial charge in [0, 0.05) is 19.0 Å². The molecule has 1 fully saturated rings. The van der Waals surface area contributed by atoms with E-state index in [1.165, 1.54) is 24.3 Å². The Morgan fingerprint density at radius 3 is 2.03 bits per heavy atom. The summed E-state index contributed by atoms with van der Waals surface area (Å²) < 4.78 is 25.8. The first-order valence-corrected chi connectivity index (χ1v) is 10.3. The minimum absolute atomic E-state index is 0.00252. The predicted molar refractivity (Wildman–Crippen MR) is 111 cm³/mol. The summed E-state index contributed by atoms with van der Waals surface area (Å²) in [4.78, 5) is 26.5. The molecule has 160 valence electrons. The second-order valence-electron chi connectivity index (χ2n) is 7.62. The summed E-state index contributed by atoms with van der Waals surface area (Å²) in [6.45, 7) is 2.59. The Balaban J connectivity index is 1.31. The van der Waals surface area contributed by atoms with Crippen LogP contribution >= 0.6 is 0 Å². The van der Waals surface area contributed by atoms with Crippen LogP contribution < -0.4 is 10.6 Å². The number of halogens is 2. The zero-order valence-corrected chi connectivity index (χ0v) is 16.9. The third-order valence-corrected chi connectivity index (χ3v) is 5.35. The highest BCUT2D eigenvalue weighted by Gasteiger charge is 2.25. The van der Waals surface area contributed by atoms with E-state index in [1.807, 2.05) is 0 Å². The van der Waals surface area contributed by atoms with Gasteiger partial charge in [-0.2, -0.15) is 0 Å². The molecule has 2 aromatic carbocycles. The number of amides is 2. The lowest BCUT2D eigenvalue weighted by Gasteiger charge is -2.30. The van der Waals surface area contributed by atoms with E-state index in [4.69, 9.17) is 0 Å². The number of nitrogens with zero attached hydrogens (tertiary/aromatic N) is 1. The van der Waals surface area contributed by atoms with E-state index in [0.717, 1.165) is 11.1 Å². The lowest BCUT2D eigenvalue weighted by atomic mass is 9.96. The lowest BCUT2D eigenvalue weighted by molar-refractivity contribution is -0.127. The van der Waals surface area contributed by atoms with Gasteiger partial charge in [-0.25, -0.2) is 8.78 Å². The smallest absolute Gasteiger partial charge is 0.234 e. The van der Waals surface area contributed by atoms with Gasteiger partial charge in [-0.3, -0.25) is 14.5 Å². The standard InChI is InChI=1S/C23H27F2N3O2/c24-20-5-1-17(2-6-20)9-12-26-22(29)16-28-13-10-19(11-14-28)23(30)27-15-18-3-7-21(25)8-4-18/h1-8,19H,9-16H2,(H,26,29)(H,27,30). The Labute approximate surface area is 175 Å². The molecule has 0 atom stereocenters. The summed E-state index contributed by atoms with van der Waals surface area (Å²) >= 11 is 0. The number of benzene rings is 2. The molecule has 2 N–H and O–H groups in total. The number of hydrogen-bond donors (Lipinski definition) is 2. The van der Waals surface area contributed by atoms with Gasteiger partial charge in [-0.05, 0) is 67.7 Å². The highest BCUT2D eigenvalue weighted by molar-refractivity contribution is 5.79. The fraction of sp³-hybridized carbons (Fsp3) is 0.391. The normalized spacial score (nSPS) is 15.0. The van der Waals surface area contributed by atoms with Crippen molar-refractivity contribution >= 4 is 11.8 Å². The minimum atomic E-state index is -0.294. The van der Waals surface area contributed by atoms with Crippen LogP contribution in [0.5, 0.6) is 0 Å². The van der Waals surface area contributed by atoms with Gasteiger partial charge in [0.15, 0.2) is 0 Å². The lowest BCUT2D eigenvalue weighted by Crippen LogP contribution is -2.44. The second-order valence-corrected chi connectivity index (χ2v) is 7.62. The van der Waals surface area contributed by atoms with Crippen molar-refractivity contribution < 1.29 is 18.4 Å². The Hall–Kier alpha value is -2.80. The van der Waals surface area contributed by atoms with Crippen molar-refractivity contribution in [1.29, 1.82) is 0 Å². The molecule has 0 bridgehead atoms. The van der Waals surface area contributed by atoms with Crippen LogP contribution in [-0.2, 0) is 22.6 Å². The zero-order valence-electron chi connectivity index (χ0n) is 16.9. The topological polar surface area (TPSA) is 61.4 Å². The van der Waals surface area contributed by atoms with Crippen LogP contribution in [0.15, 0.2) is 48.5 Å². The number of nitrogens with one attached hydrogen (secondary N) is 2. The highest BCUT2D eigenvalue weighted by Crippen LogP contribution is 2.17. The summed E-state index contributed by atoms with van der Waals surface area (Å²) in [5.74, 6) is -0.672. The maximum absolute atomic E-state index is 12.9. The SMILES string of the molecule is O=C(CN1CCC(C(=O)NCc2ccc(F)cc2)CC1)NCCc1ccc(F)cc1. The van der Waals surface area contributed by atoms with Crippen molar-refractivity contribution in [2.45, 2.75) is 25.8 Å². The molecule has 0 radical (unpaired) electrons. The molecule has 0 aromatic heterocycles. The maximum Gasteiger partial charge on any atom is 0.234 e. The van der Waals surface area contributed by atoms with E-state index in [-0.39, 0.29) is 29.4 Å². The van der Waals surface area contributed by atoms with Gasteiger partial charge in [-0.15, -0.1) is 0 Å². The van der Waals surface area contributed by atoms with Crippen LogP contribution in [0.4, 0.5) is 8.78 Å². The number of carbonyl (C=O) groups is 2. The van der Waals surface area contributed by atoms with E-state index in [0.29, 0.717) is 52.0 Å². The van der Waals surface area contributed by atoms with Crippen molar-refractivity contribution in [3.63, 3.8) is 0 Å². The summed E-state index contributed by atoms with van der Waals surface area (Å²) in [7, 11) is 0. The van der Waals surface area contributed by atoms with Crippen LogP contribution in [0.2, 0.25) is 0 Å². The summed E-state index contributed by atoms with van der Waals surface area (Å²) in [5.41, 5.74) is 1.84. The first kappa shape index (κ1) is 21.9. The second kappa shape index (κ2) is 10.8. The number of hydrogen-bond acceptors (Lipinski definition) is 3. The predicted octanol–water partition coefficient (Wildman–Crippen LogP) is 2.65. The Morgan fingerprint density at radius 1 is 0.867 bits per heavy atom. The number of piperidine rings is 1. The van der Waals surface area contributed by atoms with Crippen molar-refractivity contribution in [3.8, 4) is 0 Å². The van der Waals surface area contributed by atoms with Gasteiger partial charge in [0.1, 0.15) is 11.6 Å². The summed E-state index contributed by atoms with van der Waals surface area (Å²) in [5, 5.41) is 5.80. The van der Waals surface area contributed by atoms with Gasteiger partial charge in [-0.1, -0.05) is 24.3 Å². The first-order valence-electron chi connectivity index (χ1n) is 10.3. The van der Waals surface area contributed by atoms with Crippen molar-refractivity contribution in [1.82, 2.24) is 15.5 Å². The average molecular weight is 415 g/mol. The third kappa shape index (κ3) is 6.91. The molecular formula is C23H27F2N3O2. The number of carbonyl (C=O) groups excluding carboxylic acids is 2. The maximum atomic E-state index is 12.9. The van der Waals surface area contributed by atoms with E-state index < -0.39 is 0 Å². The van der Waals surface area contributed by atoms with Gasteiger partial charge in [0.05, 0.1) is 6.54 Å². The molecule has 2 aromatic rings. The molecule has 3 rings (SSSR count). The summed E-state index contributed by atoms with van der Waals surface area (Å²) in [6.07, 6.45) is 2.07. The molecule has 5 nitrogen and oxygen atoms in total. The molecule has 1 aliphatic heterocycles. The molecule has 7 heteroatoms. The molecule has 0 saturated carbocycles. The van der Waals surface area contributed by atoms with Crippen LogP contribution in [0.1, 0.15) is 24.0 Å². The summed E-state index contributed by atoms with van der Waals surface area (Å²) in [6, 6.07) is 12.3. The van der Waals surface area contributed by atoms with Crippen LogP contribution in [0.25, 0.3) is 0 Å². The quantitative estimate of drug-likeness (QED) is 0.697. The fourth-order valence-corrected chi connectivity index (χ4v) is 3.55.